The molecule has 5 saturated carbocycles. The van der Waals surface area contributed by atoms with Gasteiger partial charge in [-0.2, -0.15) is 5.26 Å². The third-order valence-corrected chi connectivity index (χ3v) is 7.51. The van der Waals surface area contributed by atoms with E-state index >= 15 is 0 Å². The lowest BCUT2D eigenvalue weighted by atomic mass is 9.50. The number of nitrogens with two attached hydrogens (primary N) is 1. The van der Waals surface area contributed by atoms with Crippen molar-refractivity contribution in [1.82, 2.24) is 4.90 Å². The summed E-state index contributed by atoms with van der Waals surface area (Å²) in [6.07, 6.45) is 8.59. The molecule has 4 heteroatoms. The van der Waals surface area contributed by atoms with Gasteiger partial charge in [0, 0.05) is 6.04 Å². The van der Waals surface area contributed by atoms with Gasteiger partial charge in [0.25, 0.3) is 0 Å². The van der Waals surface area contributed by atoms with Gasteiger partial charge in [0.05, 0.1) is 12.1 Å². The monoisotopic (exact) mass is 299 g/mol. The van der Waals surface area contributed by atoms with Gasteiger partial charge in [-0.15, -0.1) is 0 Å². The molecule has 1 aliphatic heterocycles. The Labute approximate surface area is 132 Å². The summed E-state index contributed by atoms with van der Waals surface area (Å²) in [6.45, 7) is 0. The molecule has 22 heavy (non-hydrogen) atoms. The maximum Gasteiger partial charge on any atom is 0.241 e. The molecule has 118 valence electrons. The lowest BCUT2D eigenvalue weighted by Gasteiger charge is -2.55. The zero-order valence-electron chi connectivity index (χ0n) is 13.0. The number of likely N-dealkylation sites (tertiary alicyclic amines) is 1. The Kier molecular flexibility index (Phi) is 2.72. The van der Waals surface area contributed by atoms with Gasteiger partial charge in [-0.25, -0.2) is 0 Å². The van der Waals surface area contributed by atoms with Gasteiger partial charge in [0.15, 0.2) is 0 Å². The molecule has 6 rings (SSSR count). The smallest absolute Gasteiger partial charge is 0.241 e. The van der Waals surface area contributed by atoms with Crippen molar-refractivity contribution in [2.24, 2.45) is 41.2 Å². The van der Waals surface area contributed by atoms with E-state index in [2.05, 4.69) is 6.07 Å². The van der Waals surface area contributed by atoms with Gasteiger partial charge in [0.1, 0.15) is 6.04 Å². The largest absolute Gasteiger partial charge is 0.322 e. The molecule has 0 radical (unpaired) electrons. The minimum atomic E-state index is -0.356. The van der Waals surface area contributed by atoms with Gasteiger partial charge in [-0.3, -0.25) is 4.79 Å². The minimum Gasteiger partial charge on any atom is -0.322 e. The van der Waals surface area contributed by atoms with Crippen molar-refractivity contribution in [3.05, 3.63) is 0 Å². The van der Waals surface area contributed by atoms with E-state index in [4.69, 9.17) is 5.73 Å². The fraction of sp³-hybridized carbons (Fsp3) is 0.889. The molecule has 0 aromatic carbocycles. The highest BCUT2D eigenvalue weighted by molar-refractivity contribution is 5.84. The number of carbonyl (C=O) groups excluding carboxylic acids is 1. The van der Waals surface area contributed by atoms with Gasteiger partial charge in [0.2, 0.25) is 5.91 Å². The summed E-state index contributed by atoms with van der Waals surface area (Å²) in [6, 6.07) is 2.10. The third kappa shape index (κ3) is 1.75. The van der Waals surface area contributed by atoms with Gasteiger partial charge in [-0.1, -0.05) is 0 Å². The molecule has 6 fully saturated rings. The lowest BCUT2D eigenvalue weighted by Crippen LogP contribution is -2.58. The van der Waals surface area contributed by atoms with Crippen LogP contribution in [-0.2, 0) is 4.79 Å². The highest BCUT2D eigenvalue weighted by atomic mass is 16.2. The predicted octanol–water partition coefficient (Wildman–Crippen LogP) is 1.90. The Hall–Kier alpha value is -1.08. The lowest BCUT2D eigenvalue weighted by molar-refractivity contribution is -0.140. The molecule has 5 aliphatic carbocycles. The Morgan fingerprint density at radius 1 is 1.00 bits per heavy atom. The van der Waals surface area contributed by atoms with Crippen molar-refractivity contribution >= 4 is 5.91 Å². The van der Waals surface area contributed by atoms with Crippen LogP contribution in [0.4, 0.5) is 0 Å². The van der Waals surface area contributed by atoms with Crippen molar-refractivity contribution in [2.75, 3.05) is 0 Å². The molecule has 4 bridgehead atoms. The summed E-state index contributed by atoms with van der Waals surface area (Å²) in [7, 11) is 0. The molecule has 0 aromatic heterocycles. The first-order valence-corrected chi connectivity index (χ1v) is 9.13. The molecule has 2 N–H and O–H groups in total. The van der Waals surface area contributed by atoms with E-state index < -0.39 is 0 Å². The van der Waals surface area contributed by atoms with Gasteiger partial charge in [-0.05, 0) is 80.5 Å². The topological polar surface area (TPSA) is 70.1 Å². The van der Waals surface area contributed by atoms with E-state index in [1.807, 2.05) is 4.90 Å². The second-order valence-electron chi connectivity index (χ2n) is 8.72. The zero-order chi connectivity index (χ0) is 15.0. The number of hydrogen-bond donors (Lipinski definition) is 1. The maximum absolute atomic E-state index is 13.0. The molecule has 0 spiro atoms. The van der Waals surface area contributed by atoms with Crippen LogP contribution in [0.5, 0.6) is 0 Å². The molecule has 4 atom stereocenters. The molecule has 6 aliphatic rings. The molecule has 1 saturated heterocycles. The number of nitriles is 1. The maximum atomic E-state index is 13.0. The second-order valence-corrected chi connectivity index (χ2v) is 8.72. The summed E-state index contributed by atoms with van der Waals surface area (Å²) in [5, 5.41) is 9.33. The second kappa shape index (κ2) is 4.47. The van der Waals surface area contributed by atoms with E-state index in [-0.39, 0.29) is 18.0 Å². The highest BCUT2D eigenvalue weighted by Gasteiger charge is 2.57. The summed E-state index contributed by atoms with van der Waals surface area (Å²) >= 11 is 0. The Morgan fingerprint density at radius 2 is 1.64 bits per heavy atom. The van der Waals surface area contributed by atoms with Crippen LogP contribution in [-0.4, -0.2) is 28.9 Å². The normalized spacial score (nSPS) is 52.3. The summed E-state index contributed by atoms with van der Waals surface area (Å²) in [5.41, 5.74) is 6.52. The SMILES string of the molecule is N#C[C@@H]1CC2CC2N1C(=O)C(N)C1C2CC3CC(C2)CC1C3. The number of piperidine rings is 1. The molecule has 1 heterocycles. The Bertz CT molecular complexity index is 525. The fourth-order valence-corrected chi connectivity index (χ4v) is 6.78. The van der Waals surface area contributed by atoms with Crippen molar-refractivity contribution in [2.45, 2.75) is 63.1 Å². The van der Waals surface area contributed by atoms with Crippen LogP contribution in [0.3, 0.4) is 0 Å². The summed E-state index contributed by atoms with van der Waals surface area (Å²) < 4.78 is 0. The number of hydrogen-bond acceptors (Lipinski definition) is 3. The van der Waals surface area contributed by atoms with Crippen LogP contribution in [0.15, 0.2) is 0 Å². The molecular weight excluding hydrogens is 274 g/mol. The van der Waals surface area contributed by atoms with Gasteiger partial charge < -0.3 is 10.6 Å². The van der Waals surface area contributed by atoms with Crippen LogP contribution >= 0.6 is 0 Å². The molecule has 0 aromatic rings. The first kappa shape index (κ1) is 13.4. The first-order valence-electron chi connectivity index (χ1n) is 9.13. The van der Waals surface area contributed by atoms with E-state index in [1.54, 1.807) is 0 Å². The fourth-order valence-electron chi connectivity index (χ4n) is 6.78. The van der Waals surface area contributed by atoms with E-state index in [1.165, 1.54) is 32.1 Å². The number of fused-ring (bicyclic) bond motifs is 1. The van der Waals surface area contributed by atoms with E-state index in [0.717, 1.165) is 24.7 Å². The number of nitrogens with zero attached hydrogens (tertiary/aromatic N) is 2. The quantitative estimate of drug-likeness (QED) is 0.846. The van der Waals surface area contributed by atoms with E-state index in [9.17, 15) is 10.1 Å². The average Bonchev–Trinajstić information content (AvgIpc) is 3.16. The van der Waals surface area contributed by atoms with Crippen molar-refractivity contribution in [3.63, 3.8) is 0 Å². The predicted molar refractivity (Wildman–Crippen MR) is 81.3 cm³/mol. The summed E-state index contributed by atoms with van der Waals surface area (Å²) in [5.74, 6) is 4.23. The van der Waals surface area contributed by atoms with Crippen molar-refractivity contribution < 1.29 is 4.79 Å². The van der Waals surface area contributed by atoms with Crippen molar-refractivity contribution in [3.8, 4) is 6.07 Å². The molecule has 3 unspecified atom stereocenters. The van der Waals surface area contributed by atoms with Crippen LogP contribution < -0.4 is 5.73 Å². The average molecular weight is 299 g/mol. The number of carbonyl (C=O) groups is 1. The first-order chi connectivity index (χ1) is 10.7. The molecular formula is C18H25N3O. The van der Waals surface area contributed by atoms with Crippen LogP contribution in [0.1, 0.15) is 44.9 Å². The number of rotatable bonds is 2. The molecule has 1 amide bonds. The van der Waals surface area contributed by atoms with Gasteiger partial charge >= 0.3 is 0 Å². The minimum absolute atomic E-state index is 0.0917. The van der Waals surface area contributed by atoms with E-state index in [0.29, 0.717) is 29.7 Å². The zero-order valence-corrected chi connectivity index (χ0v) is 13.0. The third-order valence-electron chi connectivity index (χ3n) is 7.51. The summed E-state index contributed by atoms with van der Waals surface area (Å²) in [4.78, 5) is 14.9. The standard InChI is InChI=1S/C18H25N3O/c19-8-14-6-11-7-15(11)21(14)18(22)17(20)16-12-2-9-1-10(4-12)5-13(16)3-9/h9-17H,1-7,20H2/t9?,10?,11?,12?,13?,14-,15?,16?,17?/m0/s1. The van der Waals surface area contributed by atoms with Crippen LogP contribution in [0.2, 0.25) is 0 Å². The molecule has 4 nitrogen and oxygen atoms in total. The number of amides is 1. The Balaban J connectivity index is 1.37. The van der Waals surface area contributed by atoms with Crippen molar-refractivity contribution in [1.29, 1.82) is 5.26 Å². The Morgan fingerprint density at radius 3 is 2.23 bits per heavy atom. The van der Waals surface area contributed by atoms with Crippen LogP contribution in [0.25, 0.3) is 0 Å². The van der Waals surface area contributed by atoms with Crippen LogP contribution in [0, 0.1) is 46.8 Å². The highest BCUT2D eigenvalue weighted by Crippen LogP contribution is 2.57.